The Labute approximate surface area is 79.5 Å². The molecule has 0 saturated heterocycles. The summed E-state index contributed by atoms with van der Waals surface area (Å²) in [5, 5.41) is 10.2. The Hall–Kier alpha value is -2.10. The molecule has 1 N–H and O–H groups in total. The maximum absolute atomic E-state index is 9.30. The third-order valence-corrected chi connectivity index (χ3v) is 2.21. The van der Waals surface area contributed by atoms with Crippen LogP contribution in [0.5, 0.6) is 5.75 Å². The largest absolute Gasteiger partial charge is 0.508 e. The zero-order chi connectivity index (χ0) is 9.54. The van der Waals surface area contributed by atoms with Gasteiger partial charge >= 0.3 is 0 Å². The minimum atomic E-state index is 0.249. The molecule has 2 heterocycles. The van der Waals surface area contributed by atoms with Gasteiger partial charge in [-0.05, 0) is 18.2 Å². The number of aromatic nitrogens is 3. The molecule has 3 aromatic rings. The maximum atomic E-state index is 9.30. The van der Waals surface area contributed by atoms with Crippen molar-refractivity contribution in [3.8, 4) is 5.75 Å². The molecule has 0 aliphatic rings. The van der Waals surface area contributed by atoms with Crippen LogP contribution in [0, 0.1) is 0 Å². The summed E-state index contributed by atoms with van der Waals surface area (Å²) < 4.78 is 1.88. The number of hydrogen-bond acceptors (Lipinski definition) is 3. The molecule has 0 spiro atoms. The highest BCUT2D eigenvalue weighted by Gasteiger charge is 2.01. The average Bonchev–Trinajstić information content (AvgIpc) is 2.65. The first-order valence-corrected chi connectivity index (χ1v) is 4.25. The van der Waals surface area contributed by atoms with Gasteiger partial charge in [0.2, 0.25) is 5.78 Å². The molecule has 2 aromatic heterocycles. The number of fused-ring (bicyclic) bond motifs is 3. The molecule has 0 amide bonds. The van der Waals surface area contributed by atoms with Gasteiger partial charge in [-0.2, -0.15) is 0 Å². The van der Waals surface area contributed by atoms with Gasteiger partial charge in [-0.25, -0.2) is 9.97 Å². The maximum Gasteiger partial charge on any atom is 0.234 e. The number of nitrogens with zero attached hydrogens (tertiary/aromatic N) is 3. The predicted octanol–water partition coefficient (Wildman–Crippen LogP) is 1.59. The van der Waals surface area contributed by atoms with Crippen molar-refractivity contribution >= 4 is 16.7 Å². The van der Waals surface area contributed by atoms with E-state index in [0.717, 1.165) is 10.9 Å². The minimum Gasteiger partial charge on any atom is -0.508 e. The Balaban J connectivity index is 2.57. The van der Waals surface area contributed by atoms with Gasteiger partial charge in [-0.3, -0.25) is 4.40 Å². The number of rotatable bonds is 0. The summed E-state index contributed by atoms with van der Waals surface area (Å²) in [4.78, 5) is 8.23. The number of benzene rings is 1. The van der Waals surface area contributed by atoms with E-state index in [1.165, 1.54) is 0 Å². The molecule has 0 saturated carbocycles. The van der Waals surface area contributed by atoms with Gasteiger partial charge in [-0.1, -0.05) is 0 Å². The lowest BCUT2D eigenvalue weighted by Crippen LogP contribution is -1.89. The molecule has 0 radical (unpaired) electrons. The predicted molar refractivity (Wildman–Crippen MR) is 52.2 cm³/mol. The zero-order valence-electron chi connectivity index (χ0n) is 7.25. The highest BCUT2D eigenvalue weighted by Crippen LogP contribution is 2.19. The van der Waals surface area contributed by atoms with E-state index in [1.54, 1.807) is 24.5 Å². The van der Waals surface area contributed by atoms with E-state index >= 15 is 0 Å². The van der Waals surface area contributed by atoms with Crippen LogP contribution in [0.25, 0.3) is 16.7 Å². The molecule has 0 fully saturated rings. The summed E-state index contributed by atoms with van der Waals surface area (Å²) in [5.74, 6) is 0.918. The molecule has 0 atom stereocenters. The van der Waals surface area contributed by atoms with Crippen LogP contribution < -0.4 is 0 Å². The number of phenols is 1. The normalized spacial score (nSPS) is 11.1. The third-order valence-electron chi connectivity index (χ3n) is 2.21. The molecular formula is C10H7N3O. The summed E-state index contributed by atoms with van der Waals surface area (Å²) in [6.45, 7) is 0. The molecule has 0 aliphatic carbocycles. The highest BCUT2D eigenvalue weighted by molar-refractivity contribution is 5.81. The van der Waals surface area contributed by atoms with Crippen LogP contribution in [0.2, 0.25) is 0 Å². The molecule has 0 aliphatic heterocycles. The van der Waals surface area contributed by atoms with Crippen LogP contribution >= 0.6 is 0 Å². The number of imidazole rings is 1. The third kappa shape index (κ3) is 0.877. The molecule has 68 valence electrons. The van der Waals surface area contributed by atoms with E-state index in [1.807, 2.05) is 16.7 Å². The Morgan fingerprint density at radius 2 is 2.14 bits per heavy atom. The van der Waals surface area contributed by atoms with E-state index in [2.05, 4.69) is 9.97 Å². The SMILES string of the molecule is Oc1ccc2c(cnc3nccn32)c1. The smallest absolute Gasteiger partial charge is 0.234 e. The molecule has 3 rings (SSSR count). The van der Waals surface area contributed by atoms with Gasteiger partial charge in [0.05, 0.1) is 5.52 Å². The van der Waals surface area contributed by atoms with Crippen molar-refractivity contribution in [2.45, 2.75) is 0 Å². The first kappa shape index (κ1) is 7.32. The monoisotopic (exact) mass is 185 g/mol. The standard InChI is InChI=1S/C10H7N3O/c14-8-1-2-9-7(5-8)6-12-10-11-3-4-13(9)10/h1-6,14H. The summed E-state index contributed by atoms with van der Waals surface area (Å²) in [5.41, 5.74) is 0.991. The van der Waals surface area contributed by atoms with Crippen molar-refractivity contribution in [1.82, 2.24) is 14.4 Å². The summed E-state index contributed by atoms with van der Waals surface area (Å²) in [6.07, 6.45) is 5.26. The van der Waals surface area contributed by atoms with Crippen molar-refractivity contribution in [2.75, 3.05) is 0 Å². The van der Waals surface area contributed by atoms with Crippen molar-refractivity contribution < 1.29 is 5.11 Å². The van der Waals surface area contributed by atoms with Crippen molar-refractivity contribution in [2.24, 2.45) is 0 Å². The van der Waals surface area contributed by atoms with Gasteiger partial charge in [0.15, 0.2) is 0 Å². The molecule has 0 bridgehead atoms. The minimum absolute atomic E-state index is 0.249. The lowest BCUT2D eigenvalue weighted by molar-refractivity contribution is 0.476. The Morgan fingerprint density at radius 1 is 1.21 bits per heavy atom. The van der Waals surface area contributed by atoms with Crippen LogP contribution in [0.3, 0.4) is 0 Å². The number of aromatic hydroxyl groups is 1. The highest BCUT2D eigenvalue weighted by atomic mass is 16.3. The zero-order valence-corrected chi connectivity index (χ0v) is 7.25. The van der Waals surface area contributed by atoms with Crippen molar-refractivity contribution in [3.05, 3.63) is 36.8 Å². The van der Waals surface area contributed by atoms with Crippen LogP contribution in [0.4, 0.5) is 0 Å². The second-order valence-electron chi connectivity index (χ2n) is 3.10. The van der Waals surface area contributed by atoms with Gasteiger partial charge < -0.3 is 5.11 Å². The van der Waals surface area contributed by atoms with Crippen LogP contribution in [-0.2, 0) is 0 Å². The first-order valence-electron chi connectivity index (χ1n) is 4.25. The lowest BCUT2D eigenvalue weighted by Gasteiger charge is -2.00. The fraction of sp³-hybridized carbons (Fsp3) is 0. The summed E-state index contributed by atoms with van der Waals surface area (Å²) in [6, 6.07) is 5.19. The van der Waals surface area contributed by atoms with Crippen LogP contribution in [0.15, 0.2) is 36.8 Å². The molecule has 4 heteroatoms. The van der Waals surface area contributed by atoms with Crippen molar-refractivity contribution in [3.63, 3.8) is 0 Å². The number of hydrogen-bond donors (Lipinski definition) is 1. The molecule has 14 heavy (non-hydrogen) atoms. The molecule has 0 unspecified atom stereocenters. The Morgan fingerprint density at radius 3 is 3.07 bits per heavy atom. The first-order chi connectivity index (χ1) is 6.84. The van der Waals surface area contributed by atoms with Gasteiger partial charge in [-0.15, -0.1) is 0 Å². The molecular weight excluding hydrogens is 178 g/mol. The quantitative estimate of drug-likeness (QED) is 0.578. The van der Waals surface area contributed by atoms with Gasteiger partial charge in [0.25, 0.3) is 0 Å². The van der Waals surface area contributed by atoms with E-state index < -0.39 is 0 Å². The average molecular weight is 185 g/mol. The van der Waals surface area contributed by atoms with E-state index in [-0.39, 0.29) is 5.75 Å². The van der Waals surface area contributed by atoms with Gasteiger partial charge in [0.1, 0.15) is 5.75 Å². The van der Waals surface area contributed by atoms with Crippen LogP contribution in [-0.4, -0.2) is 19.5 Å². The molecule has 1 aromatic carbocycles. The van der Waals surface area contributed by atoms with Crippen LogP contribution in [0.1, 0.15) is 0 Å². The second kappa shape index (κ2) is 2.45. The summed E-state index contributed by atoms with van der Waals surface area (Å²) in [7, 11) is 0. The Bertz CT molecular complexity index is 615. The molecule has 4 nitrogen and oxygen atoms in total. The topological polar surface area (TPSA) is 50.4 Å². The lowest BCUT2D eigenvalue weighted by atomic mass is 10.2. The summed E-state index contributed by atoms with van der Waals surface area (Å²) >= 11 is 0. The number of phenolic OH excluding ortho intramolecular Hbond substituents is 1. The fourth-order valence-electron chi connectivity index (χ4n) is 1.57. The van der Waals surface area contributed by atoms with E-state index in [9.17, 15) is 5.11 Å². The fourth-order valence-corrected chi connectivity index (χ4v) is 1.57. The van der Waals surface area contributed by atoms with E-state index in [0.29, 0.717) is 5.78 Å². The second-order valence-corrected chi connectivity index (χ2v) is 3.10. The van der Waals surface area contributed by atoms with E-state index in [4.69, 9.17) is 0 Å². The Kier molecular flexibility index (Phi) is 1.28. The van der Waals surface area contributed by atoms with Gasteiger partial charge in [0, 0.05) is 24.0 Å². The van der Waals surface area contributed by atoms with Crippen molar-refractivity contribution in [1.29, 1.82) is 0 Å².